The van der Waals surface area contributed by atoms with Gasteiger partial charge in [0.25, 0.3) is 0 Å². The van der Waals surface area contributed by atoms with Crippen LogP contribution < -0.4 is 0 Å². The number of hydrogen-bond donors (Lipinski definition) is 0. The molecular formula is C10H23IO. The summed E-state index contributed by atoms with van der Waals surface area (Å²) < 4.78 is 6.32. The summed E-state index contributed by atoms with van der Waals surface area (Å²) in [6, 6.07) is 0. The van der Waals surface area contributed by atoms with Crippen molar-refractivity contribution in [1.29, 1.82) is 0 Å². The molecule has 0 heterocycles. The normalized spacial score (nSPS) is 15.5. The third-order valence-electron chi connectivity index (χ3n) is 1.56. The Kier molecular flexibility index (Phi) is 10.5. The molecule has 0 rings (SSSR count). The highest BCUT2D eigenvalue weighted by Crippen LogP contribution is 2.16. The first-order chi connectivity index (χ1) is 5.07. The van der Waals surface area contributed by atoms with Gasteiger partial charge in [0, 0.05) is 3.92 Å². The summed E-state index contributed by atoms with van der Waals surface area (Å²) in [6.07, 6.45) is 3.27. The molecule has 0 aliphatic heterocycles. The summed E-state index contributed by atoms with van der Waals surface area (Å²) in [7, 11) is 0. The van der Waals surface area contributed by atoms with E-state index in [0.717, 1.165) is 0 Å². The number of ether oxygens (including phenoxy) is 1. The summed E-state index contributed by atoms with van der Waals surface area (Å²) in [5, 5.41) is 0. The van der Waals surface area contributed by atoms with Crippen LogP contribution in [-0.4, -0.2) is 16.1 Å². The van der Waals surface area contributed by atoms with E-state index in [0.29, 0.717) is 16.1 Å². The summed E-state index contributed by atoms with van der Waals surface area (Å²) in [4.78, 5) is 0. The Balaban J connectivity index is 0. The molecule has 12 heavy (non-hydrogen) atoms. The van der Waals surface area contributed by atoms with Crippen molar-refractivity contribution in [2.45, 2.75) is 64.1 Å². The van der Waals surface area contributed by atoms with Crippen molar-refractivity contribution >= 4 is 22.6 Å². The smallest absolute Gasteiger partial charge is 0.0667 e. The van der Waals surface area contributed by atoms with Crippen LogP contribution in [0, 0.1) is 0 Å². The van der Waals surface area contributed by atoms with Gasteiger partial charge < -0.3 is 4.74 Å². The van der Waals surface area contributed by atoms with Gasteiger partial charge in [-0.3, -0.25) is 0 Å². The fraction of sp³-hybridized carbons (Fsp3) is 1.00. The molecule has 0 bridgehead atoms. The SMILES string of the molecule is C.CCCC(I)C(C)OC(C)C. The molecule has 0 amide bonds. The molecule has 0 fully saturated rings. The van der Waals surface area contributed by atoms with E-state index in [2.05, 4.69) is 50.3 Å². The van der Waals surface area contributed by atoms with Gasteiger partial charge in [-0.2, -0.15) is 0 Å². The lowest BCUT2D eigenvalue weighted by Gasteiger charge is -2.20. The minimum Gasteiger partial charge on any atom is -0.375 e. The molecule has 0 aliphatic carbocycles. The number of halogens is 1. The second-order valence-electron chi connectivity index (χ2n) is 3.19. The summed E-state index contributed by atoms with van der Waals surface area (Å²) in [6.45, 7) is 8.55. The molecule has 0 radical (unpaired) electrons. The summed E-state index contributed by atoms with van der Waals surface area (Å²) in [5.74, 6) is 0. The van der Waals surface area contributed by atoms with Crippen LogP contribution in [0.5, 0.6) is 0 Å². The second-order valence-corrected chi connectivity index (χ2v) is 4.79. The Morgan fingerprint density at radius 3 is 2.08 bits per heavy atom. The lowest BCUT2D eigenvalue weighted by molar-refractivity contribution is 0.0194. The average molecular weight is 286 g/mol. The van der Waals surface area contributed by atoms with Crippen molar-refractivity contribution in [3.8, 4) is 0 Å². The first kappa shape index (κ1) is 15.2. The molecular weight excluding hydrogens is 263 g/mol. The highest BCUT2D eigenvalue weighted by molar-refractivity contribution is 14.1. The maximum atomic E-state index is 5.66. The Labute approximate surface area is 91.4 Å². The zero-order valence-electron chi connectivity index (χ0n) is 7.93. The first-order valence-corrected chi connectivity index (χ1v) is 5.62. The van der Waals surface area contributed by atoms with Gasteiger partial charge in [-0.1, -0.05) is 43.4 Å². The van der Waals surface area contributed by atoms with Gasteiger partial charge in [0.15, 0.2) is 0 Å². The van der Waals surface area contributed by atoms with E-state index in [1.54, 1.807) is 0 Å². The lowest BCUT2D eigenvalue weighted by Crippen LogP contribution is -2.23. The molecule has 0 aromatic heterocycles. The zero-order chi connectivity index (χ0) is 8.85. The van der Waals surface area contributed by atoms with Crippen molar-refractivity contribution in [2.24, 2.45) is 0 Å². The minimum atomic E-state index is 0. The van der Waals surface area contributed by atoms with Crippen LogP contribution in [0.3, 0.4) is 0 Å². The minimum absolute atomic E-state index is 0. The van der Waals surface area contributed by atoms with Crippen molar-refractivity contribution in [3.63, 3.8) is 0 Å². The molecule has 0 saturated carbocycles. The molecule has 0 aromatic rings. The van der Waals surface area contributed by atoms with Gasteiger partial charge >= 0.3 is 0 Å². The van der Waals surface area contributed by atoms with E-state index in [1.165, 1.54) is 12.8 Å². The molecule has 0 aromatic carbocycles. The Bertz CT molecular complexity index is 93.8. The Hall–Kier alpha value is 0.690. The molecule has 0 spiro atoms. The van der Waals surface area contributed by atoms with E-state index in [-0.39, 0.29) is 7.43 Å². The summed E-state index contributed by atoms with van der Waals surface area (Å²) in [5.41, 5.74) is 0. The van der Waals surface area contributed by atoms with Gasteiger partial charge in [0.05, 0.1) is 12.2 Å². The Morgan fingerprint density at radius 2 is 1.75 bits per heavy atom. The predicted molar refractivity (Wildman–Crippen MR) is 65.1 cm³/mol. The Morgan fingerprint density at radius 1 is 1.25 bits per heavy atom. The molecule has 2 heteroatoms. The van der Waals surface area contributed by atoms with Crippen molar-refractivity contribution < 1.29 is 4.74 Å². The van der Waals surface area contributed by atoms with Crippen LogP contribution in [-0.2, 0) is 4.74 Å². The predicted octanol–water partition coefficient (Wildman–Crippen LogP) is 4.04. The van der Waals surface area contributed by atoms with Gasteiger partial charge in [-0.15, -0.1) is 0 Å². The van der Waals surface area contributed by atoms with Crippen molar-refractivity contribution in [3.05, 3.63) is 0 Å². The van der Waals surface area contributed by atoms with Crippen molar-refractivity contribution in [2.75, 3.05) is 0 Å². The standard InChI is InChI=1S/C9H19IO.CH4/c1-5-6-9(10)8(4)11-7(2)3;/h7-9H,5-6H2,1-4H3;1H4. The van der Waals surface area contributed by atoms with Gasteiger partial charge in [0.1, 0.15) is 0 Å². The topological polar surface area (TPSA) is 9.23 Å². The number of hydrogen-bond acceptors (Lipinski definition) is 1. The fourth-order valence-corrected chi connectivity index (χ4v) is 1.82. The fourth-order valence-electron chi connectivity index (χ4n) is 1.03. The van der Waals surface area contributed by atoms with Crippen LogP contribution in [0.1, 0.15) is 48.0 Å². The van der Waals surface area contributed by atoms with Crippen LogP contribution >= 0.6 is 22.6 Å². The summed E-state index contributed by atoms with van der Waals surface area (Å²) >= 11 is 2.48. The quantitative estimate of drug-likeness (QED) is 0.547. The number of alkyl halides is 1. The van der Waals surface area contributed by atoms with Gasteiger partial charge in [-0.05, 0) is 27.2 Å². The van der Waals surface area contributed by atoms with Crippen LogP contribution in [0.25, 0.3) is 0 Å². The van der Waals surface area contributed by atoms with Crippen LogP contribution in [0.15, 0.2) is 0 Å². The largest absolute Gasteiger partial charge is 0.375 e. The van der Waals surface area contributed by atoms with Gasteiger partial charge in [0.2, 0.25) is 0 Å². The second kappa shape index (κ2) is 8.30. The first-order valence-electron chi connectivity index (χ1n) is 4.37. The average Bonchev–Trinajstić information content (AvgIpc) is 1.86. The molecule has 1 nitrogen and oxygen atoms in total. The molecule has 0 N–H and O–H groups in total. The molecule has 0 saturated heterocycles. The molecule has 76 valence electrons. The highest BCUT2D eigenvalue weighted by atomic mass is 127. The lowest BCUT2D eigenvalue weighted by atomic mass is 10.2. The highest BCUT2D eigenvalue weighted by Gasteiger charge is 2.13. The van der Waals surface area contributed by atoms with Crippen LogP contribution in [0.4, 0.5) is 0 Å². The van der Waals surface area contributed by atoms with Crippen LogP contribution in [0.2, 0.25) is 0 Å². The van der Waals surface area contributed by atoms with E-state index in [1.807, 2.05) is 0 Å². The third-order valence-corrected chi connectivity index (χ3v) is 3.20. The van der Waals surface area contributed by atoms with Crippen molar-refractivity contribution in [1.82, 2.24) is 0 Å². The number of rotatable bonds is 5. The zero-order valence-corrected chi connectivity index (χ0v) is 10.1. The van der Waals surface area contributed by atoms with E-state index >= 15 is 0 Å². The molecule has 2 unspecified atom stereocenters. The molecule has 2 atom stereocenters. The maximum Gasteiger partial charge on any atom is 0.0667 e. The molecule has 0 aliphatic rings. The third kappa shape index (κ3) is 7.35. The maximum absolute atomic E-state index is 5.66. The monoisotopic (exact) mass is 286 g/mol. The van der Waals surface area contributed by atoms with E-state index in [9.17, 15) is 0 Å². The van der Waals surface area contributed by atoms with E-state index in [4.69, 9.17) is 4.74 Å². The van der Waals surface area contributed by atoms with E-state index < -0.39 is 0 Å². The van der Waals surface area contributed by atoms with Gasteiger partial charge in [-0.25, -0.2) is 0 Å².